The summed E-state index contributed by atoms with van der Waals surface area (Å²) in [6, 6.07) is 11.5. The van der Waals surface area contributed by atoms with Crippen molar-refractivity contribution >= 4 is 11.7 Å². The number of alkyl halides is 3. The predicted molar refractivity (Wildman–Crippen MR) is 132 cm³/mol. The van der Waals surface area contributed by atoms with Crippen molar-refractivity contribution in [1.29, 1.82) is 0 Å². The van der Waals surface area contributed by atoms with Gasteiger partial charge in [-0.15, -0.1) is 0 Å². The third kappa shape index (κ3) is 4.48. The molecule has 2 aromatic carbocycles. The molecule has 1 fully saturated rings. The zero-order chi connectivity index (χ0) is 27.0. The Bertz CT molecular complexity index is 1600. The number of ether oxygens (including phenoxy) is 1. The highest BCUT2D eigenvalue weighted by Crippen LogP contribution is 2.32. The maximum Gasteiger partial charge on any atom is 0.416 e. The summed E-state index contributed by atoms with van der Waals surface area (Å²) in [6.45, 7) is 9.46. The van der Waals surface area contributed by atoms with Crippen LogP contribution in [-0.2, 0) is 10.9 Å². The van der Waals surface area contributed by atoms with Crippen molar-refractivity contribution in [3.8, 4) is 22.8 Å². The summed E-state index contributed by atoms with van der Waals surface area (Å²) in [6.07, 6.45) is -2.57. The number of carbonyl (C=O) groups excluding carboxylic acids is 1. The third-order valence-electron chi connectivity index (χ3n) is 6.29. The molecular formula is C26H21F3N6O3. The molecule has 1 unspecified atom stereocenters. The maximum atomic E-state index is 13.7. The molecule has 1 saturated heterocycles. The topological polar surface area (TPSA) is 87.4 Å². The number of nitrogens with one attached hydrogen (secondary N) is 1. The van der Waals surface area contributed by atoms with Crippen LogP contribution in [0.1, 0.15) is 17.7 Å². The molecule has 1 N–H and O–H groups in total. The maximum absolute atomic E-state index is 13.7. The van der Waals surface area contributed by atoms with E-state index >= 15 is 0 Å². The molecule has 0 bridgehead atoms. The fourth-order valence-electron chi connectivity index (χ4n) is 4.46. The summed E-state index contributed by atoms with van der Waals surface area (Å²) in [5.41, 5.74) is -0.0400. The Morgan fingerprint density at radius 3 is 2.58 bits per heavy atom. The average molecular weight is 522 g/mol. The number of carbonyl (C=O) groups is 1. The van der Waals surface area contributed by atoms with Crippen LogP contribution in [0.2, 0.25) is 0 Å². The fourth-order valence-corrected chi connectivity index (χ4v) is 4.46. The van der Waals surface area contributed by atoms with Crippen LogP contribution in [-0.4, -0.2) is 44.2 Å². The van der Waals surface area contributed by atoms with Gasteiger partial charge < -0.3 is 10.1 Å². The highest BCUT2D eigenvalue weighted by molar-refractivity contribution is 5.83. The predicted octanol–water partition coefficient (Wildman–Crippen LogP) is 4.72. The van der Waals surface area contributed by atoms with Gasteiger partial charge in [-0.1, -0.05) is 18.2 Å². The van der Waals surface area contributed by atoms with Gasteiger partial charge in [0, 0.05) is 6.61 Å². The Hall–Kier alpha value is -4.63. The molecule has 9 nitrogen and oxygen atoms in total. The number of hydrogen-bond donors (Lipinski definition) is 1. The fraction of sp³-hybridized carbons (Fsp3) is 0.231. The Morgan fingerprint density at radius 2 is 1.92 bits per heavy atom. The van der Waals surface area contributed by atoms with Crippen molar-refractivity contribution in [2.75, 3.05) is 13.2 Å². The smallest absolute Gasteiger partial charge is 0.379 e. The normalized spacial score (nSPS) is 15.4. The summed E-state index contributed by atoms with van der Waals surface area (Å²) >= 11 is 0. The molecule has 0 spiro atoms. The summed E-state index contributed by atoms with van der Waals surface area (Å²) in [5, 5.41) is 7.12. The molecule has 1 aliphatic rings. The van der Waals surface area contributed by atoms with Crippen LogP contribution in [0.15, 0.2) is 65.6 Å². The standard InChI is InChI=1S/C26H21F3N6O3/c1-16-23(22-10-12-31-35(22)20-8-6-18(30-2)7-9-20)34(24(36)32-19-11-13-38-15-19)25(37)33(16)21-5-3-4-17(14-21)26(27,28)29/h3-10,12,14,19H,11,13,15H2,1H3,(H,32,36). The van der Waals surface area contributed by atoms with Gasteiger partial charge in [0.2, 0.25) is 0 Å². The van der Waals surface area contributed by atoms with E-state index in [9.17, 15) is 22.8 Å². The highest BCUT2D eigenvalue weighted by atomic mass is 19.4. The van der Waals surface area contributed by atoms with Gasteiger partial charge in [0.25, 0.3) is 0 Å². The van der Waals surface area contributed by atoms with Gasteiger partial charge in [0.1, 0.15) is 5.69 Å². The summed E-state index contributed by atoms with van der Waals surface area (Å²) in [4.78, 5) is 30.5. The minimum absolute atomic E-state index is 0.0354. The first kappa shape index (κ1) is 25.0. The van der Waals surface area contributed by atoms with E-state index in [0.717, 1.165) is 21.3 Å². The van der Waals surface area contributed by atoms with E-state index in [4.69, 9.17) is 11.3 Å². The number of halogens is 3. The van der Waals surface area contributed by atoms with E-state index in [2.05, 4.69) is 15.3 Å². The van der Waals surface area contributed by atoms with Crippen LogP contribution in [0.4, 0.5) is 23.7 Å². The van der Waals surface area contributed by atoms with Gasteiger partial charge in [0.15, 0.2) is 5.69 Å². The SMILES string of the molecule is [C-]#[N+]c1ccc(-n2nccc2-c2c(C)n(-c3cccc(C(F)(F)F)c3)c(=O)n2C(=O)NC2CCOC2)cc1. The molecule has 0 aliphatic carbocycles. The van der Waals surface area contributed by atoms with Crippen molar-refractivity contribution in [1.82, 2.24) is 24.2 Å². The Kier molecular flexibility index (Phi) is 6.38. The number of nitrogens with zero attached hydrogens (tertiary/aromatic N) is 5. The number of amides is 1. The first-order valence-electron chi connectivity index (χ1n) is 11.6. The zero-order valence-corrected chi connectivity index (χ0v) is 20.1. The molecular weight excluding hydrogens is 501 g/mol. The molecule has 2 aromatic heterocycles. The van der Waals surface area contributed by atoms with Crippen LogP contribution in [0.25, 0.3) is 27.6 Å². The quantitative estimate of drug-likeness (QED) is 0.393. The molecule has 0 radical (unpaired) electrons. The van der Waals surface area contributed by atoms with Crippen LogP contribution in [0, 0.1) is 13.5 Å². The van der Waals surface area contributed by atoms with Gasteiger partial charge in [0.05, 0.1) is 53.7 Å². The minimum Gasteiger partial charge on any atom is -0.379 e. The molecule has 4 aromatic rings. The second kappa shape index (κ2) is 9.68. The Labute approximate surface area is 214 Å². The van der Waals surface area contributed by atoms with E-state index in [-0.39, 0.29) is 29.7 Å². The van der Waals surface area contributed by atoms with Crippen molar-refractivity contribution in [3.05, 3.63) is 94.0 Å². The number of imidazole rings is 1. The van der Waals surface area contributed by atoms with E-state index in [0.29, 0.717) is 30.1 Å². The summed E-state index contributed by atoms with van der Waals surface area (Å²) < 4.78 is 49.1. The molecule has 0 saturated carbocycles. The average Bonchev–Trinajstić information content (AvgIpc) is 3.63. The van der Waals surface area contributed by atoms with Gasteiger partial charge in [-0.25, -0.2) is 23.7 Å². The molecule has 5 rings (SSSR count). The second-order valence-electron chi connectivity index (χ2n) is 8.70. The second-order valence-corrected chi connectivity index (χ2v) is 8.70. The Morgan fingerprint density at radius 1 is 1.16 bits per heavy atom. The first-order chi connectivity index (χ1) is 18.2. The third-order valence-corrected chi connectivity index (χ3v) is 6.29. The monoisotopic (exact) mass is 522 g/mol. The van der Waals surface area contributed by atoms with Crippen LogP contribution < -0.4 is 11.0 Å². The highest BCUT2D eigenvalue weighted by Gasteiger charge is 2.32. The molecule has 1 amide bonds. The molecule has 38 heavy (non-hydrogen) atoms. The molecule has 3 heterocycles. The number of aromatic nitrogens is 4. The van der Waals surface area contributed by atoms with Gasteiger partial charge in [-0.2, -0.15) is 18.3 Å². The lowest BCUT2D eigenvalue weighted by atomic mass is 10.2. The molecule has 194 valence electrons. The lowest BCUT2D eigenvalue weighted by Crippen LogP contribution is -2.42. The van der Waals surface area contributed by atoms with E-state index in [1.165, 1.54) is 23.0 Å². The minimum atomic E-state index is -4.62. The van der Waals surface area contributed by atoms with Crippen molar-refractivity contribution in [3.63, 3.8) is 0 Å². The molecule has 12 heteroatoms. The molecule has 1 aliphatic heterocycles. The van der Waals surface area contributed by atoms with Crippen molar-refractivity contribution < 1.29 is 22.7 Å². The van der Waals surface area contributed by atoms with Crippen LogP contribution in [0.3, 0.4) is 0 Å². The largest absolute Gasteiger partial charge is 0.416 e. The van der Waals surface area contributed by atoms with E-state index < -0.39 is 23.5 Å². The van der Waals surface area contributed by atoms with Crippen LogP contribution >= 0.6 is 0 Å². The number of hydrogen-bond acceptors (Lipinski definition) is 4. The lowest BCUT2D eigenvalue weighted by Gasteiger charge is -2.14. The van der Waals surface area contributed by atoms with Gasteiger partial charge >= 0.3 is 17.9 Å². The van der Waals surface area contributed by atoms with Gasteiger partial charge in [-0.3, -0.25) is 4.57 Å². The van der Waals surface area contributed by atoms with E-state index in [1.54, 1.807) is 37.3 Å². The van der Waals surface area contributed by atoms with Crippen LogP contribution in [0.5, 0.6) is 0 Å². The lowest BCUT2D eigenvalue weighted by molar-refractivity contribution is -0.137. The van der Waals surface area contributed by atoms with Crippen molar-refractivity contribution in [2.24, 2.45) is 0 Å². The Balaban J connectivity index is 1.71. The van der Waals surface area contributed by atoms with Gasteiger partial charge in [-0.05, 0) is 49.7 Å². The van der Waals surface area contributed by atoms with E-state index in [1.807, 2.05) is 0 Å². The first-order valence-corrected chi connectivity index (χ1v) is 11.6. The van der Waals surface area contributed by atoms with Crippen molar-refractivity contribution in [2.45, 2.75) is 25.6 Å². The summed E-state index contributed by atoms with van der Waals surface area (Å²) in [7, 11) is 0. The summed E-state index contributed by atoms with van der Waals surface area (Å²) in [5.74, 6) is 0. The number of rotatable bonds is 4. The number of benzene rings is 2. The zero-order valence-electron chi connectivity index (χ0n) is 20.1. The molecule has 1 atom stereocenters.